The monoisotopic (exact) mass is 440 g/mol. The number of aryl methyl sites for hydroxylation is 1. The van der Waals surface area contributed by atoms with Crippen LogP contribution in [-0.2, 0) is 17.1 Å². The van der Waals surface area contributed by atoms with Crippen molar-refractivity contribution in [1.82, 2.24) is 4.57 Å². The molecule has 9 heteroatoms. The number of pyridine rings is 1. The topological polar surface area (TPSA) is 91.4 Å². The number of aromatic nitrogens is 1. The Labute approximate surface area is 155 Å². The summed E-state index contributed by atoms with van der Waals surface area (Å²) in [6, 6.07) is 1.46. The fourth-order valence-electron chi connectivity index (χ4n) is 3.20. The zero-order valence-corrected chi connectivity index (χ0v) is 16.6. The van der Waals surface area contributed by atoms with Gasteiger partial charge in [-0.15, -0.1) is 11.6 Å². The van der Waals surface area contributed by atoms with Crippen molar-refractivity contribution >= 4 is 37.6 Å². The molecule has 1 fully saturated rings. The normalized spacial score (nSPS) is 23.0. The highest BCUT2D eigenvalue weighted by atomic mass is 79.9. The molecule has 1 aromatic rings. The zero-order valence-electron chi connectivity index (χ0n) is 13.5. The van der Waals surface area contributed by atoms with E-state index in [-0.39, 0.29) is 23.5 Å². The molecule has 1 heterocycles. The molecule has 6 nitrogen and oxygen atoms in total. The lowest BCUT2D eigenvalue weighted by Crippen LogP contribution is -2.39. The van der Waals surface area contributed by atoms with Crippen LogP contribution in [0.3, 0.4) is 0 Å². The summed E-state index contributed by atoms with van der Waals surface area (Å²) in [5.41, 5.74) is -0.140. The van der Waals surface area contributed by atoms with Crippen LogP contribution in [0.4, 0.5) is 0 Å². The maximum atomic E-state index is 11.8. The van der Waals surface area contributed by atoms with Crippen LogP contribution in [-0.4, -0.2) is 30.2 Å². The molecule has 0 amide bonds. The number of rotatable bonds is 6. The van der Waals surface area contributed by atoms with Gasteiger partial charge in [0.1, 0.15) is 5.75 Å². The summed E-state index contributed by atoms with van der Waals surface area (Å²) in [5.74, 6) is 0.800. The standard InChI is InChI=1S/C15H22BrClN2O4S/c1-19-9-12(16)13(8-15(19)20)23-11-4-2-10(3-5-11)14(6-7-17)24(18,21)22/h8-11,14H,2-7H2,1H3,(H2,18,21,22)/t10-,11-,14?. The van der Waals surface area contributed by atoms with Gasteiger partial charge in [0.25, 0.3) is 5.56 Å². The molecule has 0 radical (unpaired) electrons. The van der Waals surface area contributed by atoms with Crippen LogP contribution in [0.5, 0.6) is 5.75 Å². The number of ether oxygens (including phenoxy) is 1. The summed E-state index contributed by atoms with van der Waals surface area (Å²) < 4.78 is 31.6. The molecule has 136 valence electrons. The first-order chi connectivity index (χ1) is 11.2. The van der Waals surface area contributed by atoms with Crippen molar-refractivity contribution in [3.8, 4) is 5.75 Å². The van der Waals surface area contributed by atoms with E-state index in [0.29, 0.717) is 25.0 Å². The SMILES string of the molecule is Cn1cc(Br)c(O[C@H]2CC[C@H](C(CCCl)S(N)(=O)=O)CC2)cc1=O. The minimum atomic E-state index is -3.60. The van der Waals surface area contributed by atoms with E-state index < -0.39 is 15.3 Å². The molecule has 1 saturated carbocycles. The summed E-state index contributed by atoms with van der Waals surface area (Å²) in [4.78, 5) is 11.7. The van der Waals surface area contributed by atoms with Crippen molar-refractivity contribution in [2.24, 2.45) is 18.1 Å². The molecule has 2 rings (SSSR count). The highest BCUT2D eigenvalue weighted by molar-refractivity contribution is 9.10. The van der Waals surface area contributed by atoms with Crippen molar-refractivity contribution in [2.45, 2.75) is 43.5 Å². The Kier molecular flexibility index (Phi) is 6.75. The quantitative estimate of drug-likeness (QED) is 0.686. The molecule has 24 heavy (non-hydrogen) atoms. The maximum absolute atomic E-state index is 11.8. The van der Waals surface area contributed by atoms with Crippen LogP contribution in [0, 0.1) is 5.92 Å². The Morgan fingerprint density at radius 3 is 2.58 bits per heavy atom. The lowest BCUT2D eigenvalue weighted by Gasteiger charge is -2.32. The third-order valence-electron chi connectivity index (χ3n) is 4.50. The van der Waals surface area contributed by atoms with Crippen LogP contribution in [0.1, 0.15) is 32.1 Å². The van der Waals surface area contributed by atoms with Gasteiger partial charge in [-0.25, -0.2) is 13.6 Å². The van der Waals surface area contributed by atoms with Gasteiger partial charge >= 0.3 is 0 Å². The summed E-state index contributed by atoms with van der Waals surface area (Å²) >= 11 is 9.12. The molecule has 0 aromatic carbocycles. The number of halogens is 2. The molecular formula is C15H22BrClN2O4S. The van der Waals surface area contributed by atoms with E-state index in [1.807, 2.05) is 0 Å². The molecule has 1 aliphatic rings. The second kappa shape index (κ2) is 8.21. The number of primary sulfonamides is 1. The summed E-state index contributed by atoms with van der Waals surface area (Å²) in [6.07, 6.45) is 4.87. The molecule has 0 bridgehead atoms. The average Bonchev–Trinajstić information content (AvgIpc) is 2.50. The van der Waals surface area contributed by atoms with E-state index in [9.17, 15) is 13.2 Å². The lowest BCUT2D eigenvalue weighted by atomic mass is 9.84. The van der Waals surface area contributed by atoms with Crippen LogP contribution in [0.15, 0.2) is 21.5 Å². The van der Waals surface area contributed by atoms with Gasteiger partial charge in [-0.1, -0.05) is 0 Å². The van der Waals surface area contributed by atoms with Gasteiger partial charge < -0.3 is 9.30 Å². The smallest absolute Gasteiger partial charge is 0.254 e. The van der Waals surface area contributed by atoms with Gasteiger partial charge in [0.05, 0.1) is 15.8 Å². The Morgan fingerprint density at radius 1 is 1.42 bits per heavy atom. The highest BCUT2D eigenvalue weighted by Gasteiger charge is 2.34. The van der Waals surface area contributed by atoms with Gasteiger partial charge in [0.15, 0.2) is 0 Å². The second-order valence-electron chi connectivity index (χ2n) is 6.19. The van der Waals surface area contributed by atoms with Crippen LogP contribution < -0.4 is 15.4 Å². The molecular weight excluding hydrogens is 420 g/mol. The first-order valence-electron chi connectivity index (χ1n) is 7.82. The third kappa shape index (κ3) is 4.97. The molecule has 1 aromatic heterocycles. The van der Waals surface area contributed by atoms with E-state index in [1.54, 1.807) is 13.2 Å². The summed E-state index contributed by atoms with van der Waals surface area (Å²) in [6.45, 7) is 0. The molecule has 0 saturated heterocycles. The van der Waals surface area contributed by atoms with E-state index in [2.05, 4.69) is 15.9 Å². The van der Waals surface area contributed by atoms with Crippen molar-refractivity contribution in [3.63, 3.8) is 0 Å². The Morgan fingerprint density at radius 2 is 2.04 bits per heavy atom. The van der Waals surface area contributed by atoms with Crippen molar-refractivity contribution < 1.29 is 13.2 Å². The van der Waals surface area contributed by atoms with Crippen molar-refractivity contribution in [1.29, 1.82) is 0 Å². The summed E-state index contributed by atoms with van der Waals surface area (Å²) in [5, 5.41) is 4.75. The van der Waals surface area contributed by atoms with Gasteiger partial charge in [0.2, 0.25) is 10.0 Å². The van der Waals surface area contributed by atoms with Crippen LogP contribution in [0.2, 0.25) is 0 Å². The first kappa shape index (κ1) is 19.8. The Bertz CT molecular complexity index is 729. The molecule has 1 atom stereocenters. The van der Waals surface area contributed by atoms with Gasteiger partial charge in [-0.2, -0.15) is 0 Å². The largest absolute Gasteiger partial charge is 0.489 e. The van der Waals surface area contributed by atoms with Crippen LogP contribution >= 0.6 is 27.5 Å². The third-order valence-corrected chi connectivity index (χ3v) is 6.78. The van der Waals surface area contributed by atoms with Crippen LogP contribution in [0.25, 0.3) is 0 Å². The molecule has 0 aliphatic heterocycles. The number of nitrogens with two attached hydrogens (primary N) is 1. The van der Waals surface area contributed by atoms with Crippen molar-refractivity contribution in [2.75, 3.05) is 5.88 Å². The number of hydrogen-bond donors (Lipinski definition) is 1. The van der Waals surface area contributed by atoms with E-state index in [0.717, 1.165) is 17.3 Å². The number of hydrogen-bond acceptors (Lipinski definition) is 4. The molecule has 1 unspecified atom stereocenters. The second-order valence-corrected chi connectivity index (χ2v) is 9.21. The number of nitrogens with zero attached hydrogens (tertiary/aromatic N) is 1. The molecule has 1 aliphatic carbocycles. The molecule has 2 N–H and O–H groups in total. The van der Waals surface area contributed by atoms with Gasteiger partial charge in [-0.3, -0.25) is 4.79 Å². The summed E-state index contributed by atoms with van der Waals surface area (Å²) in [7, 11) is -1.92. The minimum Gasteiger partial charge on any atom is -0.489 e. The Balaban J connectivity index is 2.00. The lowest BCUT2D eigenvalue weighted by molar-refractivity contribution is 0.128. The first-order valence-corrected chi connectivity index (χ1v) is 10.8. The average molecular weight is 442 g/mol. The minimum absolute atomic E-state index is 0.00526. The van der Waals surface area contributed by atoms with Gasteiger partial charge in [-0.05, 0) is 54.0 Å². The van der Waals surface area contributed by atoms with E-state index in [1.165, 1.54) is 10.6 Å². The van der Waals surface area contributed by atoms with E-state index in [4.69, 9.17) is 21.5 Å². The Hall–Kier alpha value is -0.570. The highest BCUT2D eigenvalue weighted by Crippen LogP contribution is 2.34. The zero-order chi connectivity index (χ0) is 17.9. The molecule has 0 spiro atoms. The predicted molar refractivity (Wildman–Crippen MR) is 98.0 cm³/mol. The predicted octanol–water partition coefficient (Wildman–Crippen LogP) is 2.37. The number of alkyl halides is 1. The number of sulfonamides is 1. The van der Waals surface area contributed by atoms with E-state index >= 15 is 0 Å². The fourth-order valence-corrected chi connectivity index (χ4v) is 5.34. The fraction of sp³-hybridized carbons (Fsp3) is 0.667. The van der Waals surface area contributed by atoms with Gasteiger partial charge in [0, 0.05) is 25.2 Å². The van der Waals surface area contributed by atoms with Crippen molar-refractivity contribution in [3.05, 3.63) is 27.1 Å². The maximum Gasteiger partial charge on any atom is 0.254 e.